The lowest BCUT2D eigenvalue weighted by Crippen LogP contribution is -2.04. The smallest absolute Gasteiger partial charge is 0.179 e. The van der Waals surface area contributed by atoms with Gasteiger partial charge >= 0.3 is 0 Å². The van der Waals surface area contributed by atoms with Crippen LogP contribution in [0.1, 0.15) is 5.56 Å². The number of nitrogens with one attached hydrogen (secondary N) is 1. The number of rotatable bonds is 4. The van der Waals surface area contributed by atoms with Gasteiger partial charge in [-0.25, -0.2) is 13.4 Å². The molecule has 0 saturated carbocycles. The fraction of sp³-hybridized carbons (Fsp3) is 0.154. The minimum Gasteiger partial charge on any atom is -0.339 e. The number of alkyl halides is 1. The first-order valence-corrected chi connectivity index (χ1v) is 8.00. The van der Waals surface area contributed by atoms with E-state index in [0.29, 0.717) is 11.7 Å². The lowest BCUT2D eigenvalue weighted by Gasteiger charge is -2.09. The molecule has 0 saturated heterocycles. The third-order valence-corrected chi connectivity index (χ3v) is 3.98. The van der Waals surface area contributed by atoms with Gasteiger partial charge in [-0.05, 0) is 29.8 Å². The Morgan fingerprint density at radius 2 is 1.89 bits per heavy atom. The van der Waals surface area contributed by atoms with E-state index in [1.807, 2.05) is 24.3 Å². The molecule has 2 rings (SSSR count). The zero-order chi connectivity index (χ0) is 13.9. The molecule has 19 heavy (non-hydrogen) atoms. The summed E-state index contributed by atoms with van der Waals surface area (Å²) in [7, 11) is -3.31. The minimum absolute atomic E-state index is 0.177. The van der Waals surface area contributed by atoms with Gasteiger partial charge < -0.3 is 5.32 Å². The molecule has 1 N–H and O–H groups in total. The highest BCUT2D eigenvalue weighted by atomic mass is 35.5. The Kier molecular flexibility index (Phi) is 4.07. The van der Waals surface area contributed by atoms with Crippen molar-refractivity contribution in [3.63, 3.8) is 0 Å². The fourth-order valence-electron chi connectivity index (χ4n) is 1.60. The van der Waals surface area contributed by atoms with E-state index >= 15 is 0 Å². The van der Waals surface area contributed by atoms with Crippen LogP contribution in [0.15, 0.2) is 47.5 Å². The highest BCUT2D eigenvalue weighted by Gasteiger charge is 2.13. The number of hydrogen-bond acceptors (Lipinski definition) is 4. The number of hydrogen-bond donors (Lipinski definition) is 1. The average Bonchev–Trinajstić information content (AvgIpc) is 2.39. The SMILES string of the molecule is CS(=O)(=O)c1cccnc1Nc1ccc(CCl)cc1. The first kappa shape index (κ1) is 13.8. The topological polar surface area (TPSA) is 59.1 Å². The van der Waals surface area contributed by atoms with E-state index in [-0.39, 0.29) is 4.90 Å². The van der Waals surface area contributed by atoms with Crippen LogP contribution in [-0.4, -0.2) is 19.7 Å². The van der Waals surface area contributed by atoms with Crippen molar-refractivity contribution in [3.8, 4) is 0 Å². The second-order valence-corrected chi connectivity index (χ2v) is 6.33. The van der Waals surface area contributed by atoms with Crippen molar-refractivity contribution in [3.05, 3.63) is 48.2 Å². The van der Waals surface area contributed by atoms with Crippen LogP contribution in [0.5, 0.6) is 0 Å². The summed E-state index contributed by atoms with van der Waals surface area (Å²) in [6, 6.07) is 10.5. The first-order chi connectivity index (χ1) is 9.00. The van der Waals surface area contributed by atoms with Gasteiger partial charge in [0, 0.05) is 24.0 Å². The highest BCUT2D eigenvalue weighted by molar-refractivity contribution is 7.90. The normalized spacial score (nSPS) is 11.3. The van der Waals surface area contributed by atoms with Gasteiger partial charge in [-0.3, -0.25) is 0 Å². The van der Waals surface area contributed by atoms with Gasteiger partial charge in [0.05, 0.1) is 0 Å². The molecule has 1 aromatic heterocycles. The Hall–Kier alpha value is -1.59. The van der Waals surface area contributed by atoms with Crippen molar-refractivity contribution in [2.75, 3.05) is 11.6 Å². The molecule has 6 heteroatoms. The highest BCUT2D eigenvalue weighted by Crippen LogP contribution is 2.22. The summed E-state index contributed by atoms with van der Waals surface area (Å²) >= 11 is 5.71. The Bertz CT molecular complexity index is 669. The van der Waals surface area contributed by atoms with Crippen LogP contribution in [0.2, 0.25) is 0 Å². The molecular weight excluding hydrogens is 284 g/mol. The fourth-order valence-corrected chi connectivity index (χ4v) is 2.56. The second kappa shape index (κ2) is 5.59. The number of benzene rings is 1. The van der Waals surface area contributed by atoms with Crippen molar-refractivity contribution >= 4 is 32.9 Å². The predicted octanol–water partition coefficient (Wildman–Crippen LogP) is 2.97. The van der Waals surface area contributed by atoms with Crippen LogP contribution in [0, 0.1) is 0 Å². The van der Waals surface area contributed by atoms with Crippen molar-refractivity contribution in [1.29, 1.82) is 0 Å². The summed E-state index contributed by atoms with van der Waals surface area (Å²) in [4.78, 5) is 4.24. The van der Waals surface area contributed by atoms with Crippen LogP contribution < -0.4 is 5.32 Å². The van der Waals surface area contributed by atoms with E-state index < -0.39 is 9.84 Å². The van der Waals surface area contributed by atoms with Crippen LogP contribution >= 0.6 is 11.6 Å². The van der Waals surface area contributed by atoms with Crippen molar-refractivity contribution in [1.82, 2.24) is 4.98 Å². The summed E-state index contributed by atoms with van der Waals surface area (Å²) in [5, 5.41) is 3.00. The van der Waals surface area contributed by atoms with Gasteiger partial charge in [0.1, 0.15) is 10.7 Å². The molecule has 0 aliphatic carbocycles. The number of pyridine rings is 1. The monoisotopic (exact) mass is 296 g/mol. The summed E-state index contributed by atoms with van der Waals surface area (Å²) < 4.78 is 23.3. The molecule has 4 nitrogen and oxygen atoms in total. The van der Waals surface area contributed by atoms with Crippen LogP contribution in [-0.2, 0) is 15.7 Å². The molecule has 2 aromatic rings. The molecule has 0 spiro atoms. The van der Waals surface area contributed by atoms with Crippen LogP contribution in [0.25, 0.3) is 0 Å². The molecule has 1 aromatic carbocycles. The quantitative estimate of drug-likeness (QED) is 0.881. The van der Waals surface area contributed by atoms with E-state index in [1.54, 1.807) is 12.3 Å². The van der Waals surface area contributed by atoms with Gasteiger partial charge in [-0.15, -0.1) is 11.6 Å². The first-order valence-electron chi connectivity index (χ1n) is 5.58. The van der Waals surface area contributed by atoms with Crippen LogP contribution in [0.4, 0.5) is 11.5 Å². The molecule has 0 aliphatic rings. The maximum absolute atomic E-state index is 11.6. The molecule has 0 bridgehead atoms. The van der Waals surface area contributed by atoms with E-state index in [1.165, 1.54) is 6.07 Å². The van der Waals surface area contributed by atoms with Crippen LogP contribution in [0.3, 0.4) is 0 Å². The van der Waals surface area contributed by atoms with Gasteiger partial charge in [-0.2, -0.15) is 0 Å². The Morgan fingerprint density at radius 1 is 1.21 bits per heavy atom. The predicted molar refractivity (Wildman–Crippen MR) is 76.6 cm³/mol. The number of anilines is 2. The number of aromatic nitrogens is 1. The molecule has 100 valence electrons. The van der Waals surface area contributed by atoms with Crippen molar-refractivity contribution in [2.45, 2.75) is 10.8 Å². The average molecular weight is 297 g/mol. The van der Waals surface area contributed by atoms with E-state index in [0.717, 1.165) is 17.5 Å². The van der Waals surface area contributed by atoms with Gasteiger partial charge in [0.2, 0.25) is 0 Å². The van der Waals surface area contributed by atoms with Crippen molar-refractivity contribution < 1.29 is 8.42 Å². The molecule has 0 fully saturated rings. The van der Waals surface area contributed by atoms with Gasteiger partial charge in [-0.1, -0.05) is 12.1 Å². The van der Waals surface area contributed by atoms with Gasteiger partial charge in [0.25, 0.3) is 0 Å². The molecular formula is C13H13ClN2O2S. The third-order valence-electron chi connectivity index (χ3n) is 2.54. The molecule has 0 unspecified atom stereocenters. The number of nitrogens with zero attached hydrogens (tertiary/aromatic N) is 1. The number of halogens is 1. The maximum Gasteiger partial charge on any atom is 0.179 e. The third kappa shape index (κ3) is 3.45. The van der Waals surface area contributed by atoms with E-state index in [2.05, 4.69) is 10.3 Å². The van der Waals surface area contributed by atoms with Crippen molar-refractivity contribution in [2.24, 2.45) is 0 Å². The molecule has 0 radical (unpaired) electrons. The summed E-state index contributed by atoms with van der Waals surface area (Å²) in [6.45, 7) is 0. The Labute approximate surface area is 117 Å². The molecule has 0 aliphatic heterocycles. The summed E-state index contributed by atoms with van der Waals surface area (Å²) in [5.41, 5.74) is 1.76. The largest absolute Gasteiger partial charge is 0.339 e. The van der Waals surface area contributed by atoms with Gasteiger partial charge in [0.15, 0.2) is 9.84 Å². The second-order valence-electron chi connectivity index (χ2n) is 4.08. The Balaban J connectivity index is 2.33. The van der Waals surface area contributed by atoms with E-state index in [9.17, 15) is 8.42 Å². The summed E-state index contributed by atoms with van der Waals surface area (Å²) in [5.74, 6) is 0.766. The zero-order valence-corrected chi connectivity index (χ0v) is 11.9. The molecule has 1 heterocycles. The number of sulfone groups is 1. The Morgan fingerprint density at radius 3 is 2.47 bits per heavy atom. The lowest BCUT2D eigenvalue weighted by atomic mass is 10.2. The molecule has 0 amide bonds. The van der Waals surface area contributed by atoms with E-state index in [4.69, 9.17) is 11.6 Å². The standard InChI is InChI=1S/C13H13ClN2O2S/c1-19(17,18)12-3-2-8-15-13(12)16-11-6-4-10(9-14)5-7-11/h2-8H,9H2,1H3,(H,15,16). The minimum atomic E-state index is -3.31. The maximum atomic E-state index is 11.6. The summed E-state index contributed by atoms with van der Waals surface area (Å²) in [6.07, 6.45) is 2.70. The lowest BCUT2D eigenvalue weighted by molar-refractivity contribution is 0.602. The molecule has 0 atom stereocenters. The zero-order valence-electron chi connectivity index (χ0n) is 10.3.